The average molecular weight is 713 g/mol. The molecule has 0 saturated carbocycles. The van der Waals surface area contributed by atoms with E-state index in [0.29, 0.717) is 119 Å². The number of hydrogen-bond acceptors (Lipinski definition) is 15. The van der Waals surface area contributed by atoms with Crippen molar-refractivity contribution in [2.24, 2.45) is 0 Å². The van der Waals surface area contributed by atoms with Gasteiger partial charge in [0.15, 0.2) is 0 Å². The molecule has 0 unspecified atom stereocenters. The molecule has 0 rings (SSSR count). The van der Waals surface area contributed by atoms with E-state index in [9.17, 15) is 19.2 Å². The minimum absolute atomic E-state index is 0.0109. The van der Waals surface area contributed by atoms with Gasteiger partial charge >= 0.3 is 17.9 Å². The lowest BCUT2D eigenvalue weighted by Crippen LogP contribution is -2.17. The van der Waals surface area contributed by atoms with Crippen LogP contribution in [0.2, 0.25) is 0 Å². The van der Waals surface area contributed by atoms with E-state index < -0.39 is 17.7 Å². The number of carboxylic acids is 1. The predicted octanol–water partition coefficient (Wildman–Crippen LogP) is 2.02. The first-order chi connectivity index (χ1) is 24.0. The van der Waals surface area contributed by atoms with E-state index in [-0.39, 0.29) is 38.6 Å². The number of aliphatic carboxylic acids is 1. The van der Waals surface area contributed by atoms with Crippen LogP contribution in [0.15, 0.2) is 0 Å². The van der Waals surface area contributed by atoms with Gasteiger partial charge in [-0.3, -0.25) is 14.4 Å². The minimum atomic E-state index is -1.56. The molecule has 0 bridgehead atoms. The average Bonchev–Trinajstić information content (AvgIpc) is 3.09. The van der Waals surface area contributed by atoms with E-state index in [4.69, 9.17) is 57.2 Å². The number of rotatable bonds is 40. The second-order valence-corrected chi connectivity index (χ2v) is 10.3. The Kier molecular flexibility index (Phi) is 36.7. The minimum Gasteiger partial charge on any atom is -0.476 e. The summed E-state index contributed by atoms with van der Waals surface area (Å²) in [5.74, 6) is -3.40. The lowest BCUT2D eigenvalue weighted by atomic mass is 10.1. The quantitative estimate of drug-likeness (QED) is 0.0551. The molecule has 0 aromatic rings. The highest BCUT2D eigenvalue weighted by molar-refractivity contribution is 6.32. The van der Waals surface area contributed by atoms with Gasteiger partial charge in [-0.1, -0.05) is 32.6 Å². The zero-order chi connectivity index (χ0) is 35.9. The van der Waals surface area contributed by atoms with E-state index >= 15 is 0 Å². The Morgan fingerprint density at radius 2 is 0.653 bits per heavy atom. The summed E-state index contributed by atoms with van der Waals surface area (Å²) < 4.78 is 58.6. The molecule has 288 valence electrons. The van der Waals surface area contributed by atoms with Gasteiger partial charge in [0.1, 0.15) is 13.2 Å². The van der Waals surface area contributed by atoms with Crippen molar-refractivity contribution in [3.8, 4) is 0 Å². The van der Waals surface area contributed by atoms with Crippen molar-refractivity contribution < 1.29 is 76.4 Å². The van der Waals surface area contributed by atoms with Crippen LogP contribution in [0.5, 0.6) is 0 Å². The van der Waals surface area contributed by atoms with Crippen LogP contribution in [0.1, 0.15) is 58.3 Å². The van der Waals surface area contributed by atoms with E-state index in [1.807, 2.05) is 0 Å². The third kappa shape index (κ3) is 38.4. The summed E-state index contributed by atoms with van der Waals surface area (Å²) >= 11 is 0. The molecule has 16 nitrogen and oxygen atoms in total. The van der Waals surface area contributed by atoms with Gasteiger partial charge in [-0.25, -0.2) is 4.79 Å². The Labute approximate surface area is 290 Å². The maximum Gasteiger partial charge on any atom is 0.372 e. The van der Waals surface area contributed by atoms with Crippen LogP contribution in [-0.4, -0.2) is 161 Å². The van der Waals surface area contributed by atoms with Crippen LogP contribution >= 0.6 is 0 Å². The van der Waals surface area contributed by atoms with Gasteiger partial charge < -0.3 is 57.2 Å². The molecule has 0 aliphatic rings. The number of carbonyl (C=O) groups is 4. The highest BCUT2D eigenvalue weighted by Crippen LogP contribution is 2.05. The molecule has 49 heavy (non-hydrogen) atoms. The van der Waals surface area contributed by atoms with Gasteiger partial charge in [0.05, 0.1) is 125 Å². The monoisotopic (exact) mass is 712 g/mol. The van der Waals surface area contributed by atoms with Crippen molar-refractivity contribution >= 4 is 23.7 Å². The molecule has 0 aliphatic carbocycles. The largest absolute Gasteiger partial charge is 0.476 e. The summed E-state index contributed by atoms with van der Waals surface area (Å²) in [4.78, 5) is 44.2. The second kappa shape index (κ2) is 38.5. The van der Waals surface area contributed by atoms with Crippen molar-refractivity contribution in [3.05, 3.63) is 0 Å². The third-order valence-electron chi connectivity index (χ3n) is 6.24. The fraction of sp³-hybridized carbons (Fsp3) is 0.879. The molecular formula is C33H60O16. The first kappa shape index (κ1) is 46.7. The molecule has 0 aromatic heterocycles. The van der Waals surface area contributed by atoms with Crippen LogP contribution in [0, 0.1) is 0 Å². The summed E-state index contributed by atoms with van der Waals surface area (Å²) in [5.41, 5.74) is 0. The number of hydrogen-bond donors (Lipinski definition) is 1. The zero-order valence-corrected chi connectivity index (χ0v) is 29.4. The van der Waals surface area contributed by atoms with Crippen molar-refractivity contribution in [1.82, 2.24) is 0 Å². The number of unbranched alkanes of at least 4 members (excludes halogenated alkanes) is 4. The number of Topliss-reactive ketones (excluding diaryl/α,β-unsaturated/α-hetero) is 1. The van der Waals surface area contributed by atoms with Crippen molar-refractivity contribution in [2.75, 3.05) is 132 Å². The maximum absolute atomic E-state index is 11.6. The topological polar surface area (TPSA) is 190 Å². The summed E-state index contributed by atoms with van der Waals surface area (Å²) in [6.45, 7) is 9.92. The summed E-state index contributed by atoms with van der Waals surface area (Å²) in [7, 11) is 0. The molecule has 0 amide bonds. The lowest BCUT2D eigenvalue weighted by Gasteiger charge is -2.09. The SMILES string of the molecule is CCCCCCCC(=O)OCCOCCOCCOCCOCCOCCOCCOCCOCCOCCOC(=O)CCC(=O)C(=O)O. The van der Waals surface area contributed by atoms with E-state index in [1.54, 1.807) is 0 Å². The Balaban J connectivity index is 3.16. The Bertz CT molecular complexity index is 782. The molecule has 0 heterocycles. The smallest absolute Gasteiger partial charge is 0.372 e. The van der Waals surface area contributed by atoms with Crippen molar-refractivity contribution in [2.45, 2.75) is 58.3 Å². The lowest BCUT2D eigenvalue weighted by molar-refractivity contribution is -0.151. The Morgan fingerprint density at radius 3 is 0.959 bits per heavy atom. The Morgan fingerprint density at radius 1 is 0.367 bits per heavy atom. The molecule has 16 heteroatoms. The molecule has 0 aromatic carbocycles. The summed E-state index contributed by atoms with van der Waals surface area (Å²) in [6, 6.07) is 0. The van der Waals surface area contributed by atoms with Gasteiger partial charge in [-0.05, 0) is 6.42 Å². The first-order valence-corrected chi connectivity index (χ1v) is 17.2. The number of ether oxygens (including phenoxy) is 11. The van der Waals surface area contributed by atoms with E-state index in [0.717, 1.165) is 12.8 Å². The van der Waals surface area contributed by atoms with Gasteiger partial charge in [0.25, 0.3) is 0 Å². The predicted molar refractivity (Wildman–Crippen MR) is 175 cm³/mol. The van der Waals surface area contributed by atoms with Gasteiger partial charge in [0.2, 0.25) is 5.78 Å². The van der Waals surface area contributed by atoms with Crippen molar-refractivity contribution in [1.29, 1.82) is 0 Å². The maximum atomic E-state index is 11.6. The highest BCUT2D eigenvalue weighted by Gasteiger charge is 2.14. The molecule has 0 aliphatic heterocycles. The van der Waals surface area contributed by atoms with E-state index in [2.05, 4.69) is 6.92 Å². The van der Waals surface area contributed by atoms with Crippen LogP contribution < -0.4 is 0 Å². The van der Waals surface area contributed by atoms with Gasteiger partial charge in [-0.2, -0.15) is 0 Å². The zero-order valence-electron chi connectivity index (χ0n) is 29.4. The normalized spacial score (nSPS) is 11.1. The van der Waals surface area contributed by atoms with Crippen LogP contribution in [-0.2, 0) is 71.3 Å². The second-order valence-electron chi connectivity index (χ2n) is 10.3. The van der Waals surface area contributed by atoms with Gasteiger partial charge in [0, 0.05) is 12.8 Å². The molecule has 0 spiro atoms. The molecule has 0 radical (unpaired) electrons. The van der Waals surface area contributed by atoms with Crippen LogP contribution in [0.25, 0.3) is 0 Å². The number of ketones is 1. The number of carbonyl (C=O) groups excluding carboxylic acids is 3. The first-order valence-electron chi connectivity index (χ1n) is 17.2. The third-order valence-corrected chi connectivity index (χ3v) is 6.24. The molecule has 1 N–H and O–H groups in total. The summed E-state index contributed by atoms with van der Waals surface area (Å²) in [6.07, 6.45) is 5.34. The van der Waals surface area contributed by atoms with E-state index in [1.165, 1.54) is 19.3 Å². The highest BCUT2D eigenvalue weighted by atomic mass is 16.6. The number of esters is 2. The fourth-order valence-corrected chi connectivity index (χ4v) is 3.63. The van der Waals surface area contributed by atoms with Crippen LogP contribution in [0.4, 0.5) is 0 Å². The molecule has 0 atom stereocenters. The standard InChI is InChI=1S/C33H60O16/c1-2-3-4-5-6-7-31(35)48-28-26-46-24-22-44-20-18-42-16-14-40-12-10-39-11-13-41-15-17-43-19-21-45-23-25-47-27-29-49-32(36)9-8-30(34)33(37)38/h2-29H2,1H3,(H,37,38). The van der Waals surface area contributed by atoms with Gasteiger partial charge in [-0.15, -0.1) is 0 Å². The molecule has 0 saturated heterocycles. The fourth-order valence-electron chi connectivity index (χ4n) is 3.63. The van der Waals surface area contributed by atoms with Crippen LogP contribution in [0.3, 0.4) is 0 Å². The molecular weight excluding hydrogens is 652 g/mol. The number of carboxylic acid groups (broad SMARTS) is 1. The van der Waals surface area contributed by atoms with Crippen molar-refractivity contribution in [3.63, 3.8) is 0 Å². The Hall–Kier alpha value is -2.28. The summed E-state index contributed by atoms with van der Waals surface area (Å²) in [5, 5.41) is 8.44. The molecule has 0 fully saturated rings.